The van der Waals surface area contributed by atoms with Crippen molar-refractivity contribution in [1.82, 2.24) is 0 Å². The summed E-state index contributed by atoms with van der Waals surface area (Å²) in [4.78, 5) is 10.5. The summed E-state index contributed by atoms with van der Waals surface area (Å²) < 4.78 is 0.442. The van der Waals surface area contributed by atoms with Crippen molar-refractivity contribution in [1.29, 1.82) is 0 Å². The molecule has 0 aromatic heterocycles. The predicted molar refractivity (Wildman–Crippen MR) is 40.1 cm³/mol. The molecule has 0 fully saturated rings. The Labute approximate surface area is 58.2 Å². The Morgan fingerprint density at radius 3 is 2.78 bits per heavy atom. The van der Waals surface area contributed by atoms with Crippen molar-refractivity contribution in [2.24, 2.45) is 0 Å². The lowest BCUT2D eigenvalue weighted by molar-refractivity contribution is 1.19. The van der Waals surface area contributed by atoms with Crippen molar-refractivity contribution in [2.75, 3.05) is 11.9 Å². The maximum absolute atomic E-state index is 10.5. The summed E-state index contributed by atoms with van der Waals surface area (Å²) >= 11 is 4.71. The van der Waals surface area contributed by atoms with E-state index in [-0.39, 0.29) is 5.43 Å². The molecule has 0 bridgehead atoms. The van der Waals surface area contributed by atoms with E-state index in [2.05, 4.69) is 5.32 Å². The van der Waals surface area contributed by atoms with Crippen LogP contribution in [0.3, 0.4) is 0 Å². The highest BCUT2D eigenvalue weighted by molar-refractivity contribution is 7.71. The molecule has 9 heavy (non-hydrogen) atoms. The van der Waals surface area contributed by atoms with Crippen LogP contribution in [0.15, 0.2) is 10.9 Å². The molecule has 48 valence electrons. The molecule has 1 N–H and O–H groups in total. The van der Waals surface area contributed by atoms with Crippen molar-refractivity contribution in [3.63, 3.8) is 0 Å². The van der Waals surface area contributed by atoms with Gasteiger partial charge in [-0.25, -0.2) is 0 Å². The smallest absolute Gasteiger partial charge is 0.200 e. The van der Waals surface area contributed by atoms with Crippen LogP contribution in [-0.2, 0) is 0 Å². The van der Waals surface area contributed by atoms with Gasteiger partial charge in [-0.3, -0.25) is 4.79 Å². The van der Waals surface area contributed by atoms with Crippen molar-refractivity contribution >= 4 is 17.9 Å². The predicted octanol–water partition coefficient (Wildman–Crippen LogP) is 1.08. The Kier molecular flexibility index (Phi) is 1.62. The highest BCUT2D eigenvalue weighted by atomic mass is 32.1. The molecular weight excluding hydrogens is 134 g/mol. The molecular formula is C6H7NOS. The minimum absolute atomic E-state index is 0.0269. The van der Waals surface area contributed by atoms with Crippen LogP contribution in [0.2, 0.25) is 0 Å². The van der Waals surface area contributed by atoms with Crippen LogP contribution in [0, 0.1) is 4.51 Å². The molecule has 0 aliphatic heterocycles. The van der Waals surface area contributed by atoms with E-state index in [1.807, 2.05) is 6.92 Å². The maximum Gasteiger partial charge on any atom is 0.200 e. The fourth-order valence-electron chi connectivity index (χ4n) is 0.639. The molecule has 1 aromatic carbocycles. The first-order valence-corrected chi connectivity index (χ1v) is 3.20. The Morgan fingerprint density at radius 1 is 1.78 bits per heavy atom. The molecule has 0 saturated heterocycles. The van der Waals surface area contributed by atoms with Gasteiger partial charge in [0.15, 0.2) is 0 Å². The van der Waals surface area contributed by atoms with E-state index in [0.29, 0.717) is 4.51 Å². The Hall–Kier alpha value is -0.700. The summed E-state index contributed by atoms with van der Waals surface area (Å²) in [6, 6.07) is 1.52. The van der Waals surface area contributed by atoms with Gasteiger partial charge in [0.1, 0.15) is 4.51 Å². The molecule has 0 heterocycles. The van der Waals surface area contributed by atoms with Gasteiger partial charge in [-0.1, -0.05) is 12.2 Å². The Morgan fingerprint density at radius 2 is 2.44 bits per heavy atom. The van der Waals surface area contributed by atoms with Crippen LogP contribution in [-0.4, -0.2) is 6.54 Å². The third kappa shape index (κ3) is 1.00. The van der Waals surface area contributed by atoms with Gasteiger partial charge in [0.25, 0.3) is 0 Å². The van der Waals surface area contributed by atoms with Crippen LogP contribution in [0.1, 0.15) is 6.92 Å². The normalized spacial score (nSPS) is 9.89. The summed E-state index contributed by atoms with van der Waals surface area (Å²) in [6.07, 6.45) is 0. The molecule has 0 atom stereocenters. The van der Waals surface area contributed by atoms with Gasteiger partial charge in [-0.15, -0.1) is 0 Å². The van der Waals surface area contributed by atoms with Crippen LogP contribution in [0.4, 0.5) is 5.69 Å². The average Bonchev–Trinajstić information content (AvgIpc) is 1.88. The van der Waals surface area contributed by atoms with Gasteiger partial charge in [0.2, 0.25) is 5.43 Å². The van der Waals surface area contributed by atoms with E-state index in [1.165, 1.54) is 6.07 Å². The van der Waals surface area contributed by atoms with E-state index in [0.717, 1.165) is 12.2 Å². The average molecular weight is 141 g/mol. The summed E-state index contributed by atoms with van der Waals surface area (Å²) in [7, 11) is 0. The van der Waals surface area contributed by atoms with E-state index < -0.39 is 0 Å². The summed E-state index contributed by atoms with van der Waals surface area (Å²) in [6.45, 7) is 2.78. The fraction of sp³-hybridized carbons (Fsp3) is 0.333. The SMILES string of the molecule is CCNc1cc(=O)c1=S. The van der Waals surface area contributed by atoms with Crippen LogP contribution < -0.4 is 10.7 Å². The van der Waals surface area contributed by atoms with Crippen LogP contribution in [0.25, 0.3) is 0 Å². The lowest BCUT2D eigenvalue weighted by atomic mass is 10.3. The molecule has 0 radical (unpaired) electrons. The third-order valence-electron chi connectivity index (χ3n) is 1.11. The zero-order chi connectivity index (χ0) is 6.85. The Bertz CT molecular complexity index is 272. The Balaban J connectivity index is 2.80. The summed E-state index contributed by atoms with van der Waals surface area (Å²) in [5.74, 6) is 0. The lowest BCUT2D eigenvalue weighted by Gasteiger charge is -2.02. The van der Waals surface area contributed by atoms with Gasteiger partial charge in [-0.05, 0) is 6.92 Å². The van der Waals surface area contributed by atoms with E-state index in [9.17, 15) is 4.79 Å². The zero-order valence-corrected chi connectivity index (χ0v) is 5.92. The second-order valence-corrected chi connectivity index (χ2v) is 2.19. The molecule has 0 amide bonds. The molecule has 0 spiro atoms. The number of hydrogen-bond donors (Lipinski definition) is 1. The molecule has 0 aliphatic rings. The number of rotatable bonds is 2. The molecule has 0 saturated carbocycles. The minimum atomic E-state index is -0.0269. The second-order valence-electron chi connectivity index (χ2n) is 1.78. The number of anilines is 1. The lowest BCUT2D eigenvalue weighted by Crippen LogP contribution is -2.11. The van der Waals surface area contributed by atoms with Crippen LogP contribution in [0.5, 0.6) is 0 Å². The van der Waals surface area contributed by atoms with Gasteiger partial charge >= 0.3 is 0 Å². The molecule has 3 heteroatoms. The van der Waals surface area contributed by atoms with Gasteiger partial charge in [0.05, 0.1) is 5.69 Å². The molecule has 0 aliphatic carbocycles. The van der Waals surface area contributed by atoms with Crippen molar-refractivity contribution in [3.05, 3.63) is 20.8 Å². The number of nitrogens with one attached hydrogen (secondary N) is 1. The minimum Gasteiger partial charge on any atom is -0.384 e. The highest BCUT2D eigenvalue weighted by Crippen LogP contribution is 2.05. The van der Waals surface area contributed by atoms with Crippen LogP contribution >= 0.6 is 12.2 Å². The number of hydrogen-bond acceptors (Lipinski definition) is 3. The topological polar surface area (TPSA) is 29.1 Å². The summed E-state index contributed by atoms with van der Waals surface area (Å²) in [5, 5.41) is 2.96. The van der Waals surface area contributed by atoms with E-state index in [4.69, 9.17) is 12.2 Å². The zero-order valence-electron chi connectivity index (χ0n) is 5.10. The standard InChI is InChI=1S/C6H7NOS/c1-2-7-4-3-5(8)6(4)9/h3,7H,2H2,1H3. The monoisotopic (exact) mass is 141 g/mol. The molecule has 1 aromatic rings. The van der Waals surface area contributed by atoms with E-state index in [1.54, 1.807) is 0 Å². The first kappa shape index (κ1) is 6.42. The van der Waals surface area contributed by atoms with Gasteiger partial charge < -0.3 is 5.32 Å². The third-order valence-corrected chi connectivity index (χ3v) is 1.53. The fourth-order valence-corrected chi connectivity index (χ4v) is 0.829. The quantitative estimate of drug-likeness (QED) is 0.625. The highest BCUT2D eigenvalue weighted by Gasteiger charge is 2.01. The van der Waals surface area contributed by atoms with Gasteiger partial charge in [-0.2, -0.15) is 0 Å². The van der Waals surface area contributed by atoms with Crippen molar-refractivity contribution in [3.8, 4) is 0 Å². The molecule has 2 nitrogen and oxygen atoms in total. The van der Waals surface area contributed by atoms with Crippen molar-refractivity contribution in [2.45, 2.75) is 6.92 Å². The van der Waals surface area contributed by atoms with Gasteiger partial charge in [0, 0.05) is 12.6 Å². The molecule has 0 unspecified atom stereocenters. The summed E-state index contributed by atoms with van der Waals surface area (Å²) in [5.41, 5.74) is 0.790. The van der Waals surface area contributed by atoms with E-state index >= 15 is 0 Å². The maximum atomic E-state index is 10.5. The first-order valence-electron chi connectivity index (χ1n) is 2.80. The largest absolute Gasteiger partial charge is 0.384 e. The van der Waals surface area contributed by atoms with Crippen molar-refractivity contribution < 1.29 is 0 Å². The second kappa shape index (κ2) is 2.27. The first-order chi connectivity index (χ1) is 4.25. The molecule has 1 rings (SSSR count).